The first-order valence-electron chi connectivity index (χ1n) is 10.4. The van der Waals surface area contributed by atoms with Gasteiger partial charge in [0, 0.05) is 36.5 Å². The number of rotatable bonds is 3. The van der Waals surface area contributed by atoms with Crippen LogP contribution in [0.25, 0.3) is 0 Å². The number of hydrazine groups is 1. The fraction of sp³-hybridized carbons (Fsp3) is 0.619. The maximum absolute atomic E-state index is 13.2. The maximum Gasteiger partial charge on any atom is 0.241 e. The minimum Gasteiger partial charge on any atom is -0.454 e. The Morgan fingerprint density at radius 3 is 2.79 bits per heavy atom. The molecule has 3 aliphatic heterocycles. The average molecular weight is 385 g/mol. The number of ketones is 1. The summed E-state index contributed by atoms with van der Waals surface area (Å²) >= 11 is 0. The summed E-state index contributed by atoms with van der Waals surface area (Å²) in [6, 6.07) is 5.59. The number of likely N-dealkylation sites (tertiary alicyclic amines) is 1. The lowest BCUT2D eigenvalue weighted by Crippen LogP contribution is -2.51. The number of carbonyl (C=O) groups is 2. The van der Waals surface area contributed by atoms with E-state index in [9.17, 15) is 9.59 Å². The molecular weight excluding hydrogens is 358 g/mol. The van der Waals surface area contributed by atoms with Crippen LogP contribution in [0.15, 0.2) is 18.2 Å². The van der Waals surface area contributed by atoms with Gasteiger partial charge in [0.25, 0.3) is 0 Å². The Kier molecular flexibility index (Phi) is 4.72. The number of hydrogen-bond donors (Lipinski definition) is 2. The fourth-order valence-electron chi connectivity index (χ4n) is 5.16. The number of carbonyl (C=O) groups excluding carboxylic acids is 2. The predicted molar refractivity (Wildman–Crippen MR) is 102 cm³/mol. The Morgan fingerprint density at radius 1 is 1.00 bits per heavy atom. The van der Waals surface area contributed by atoms with Crippen molar-refractivity contribution < 1.29 is 19.1 Å². The molecule has 150 valence electrons. The lowest BCUT2D eigenvalue weighted by atomic mass is 9.81. The third kappa shape index (κ3) is 3.16. The first kappa shape index (κ1) is 17.9. The number of benzene rings is 1. The van der Waals surface area contributed by atoms with Crippen LogP contribution in [0.1, 0.15) is 48.9 Å². The molecule has 4 aliphatic rings. The summed E-state index contributed by atoms with van der Waals surface area (Å²) < 4.78 is 10.7. The molecule has 1 aromatic rings. The molecule has 3 fully saturated rings. The van der Waals surface area contributed by atoms with Crippen molar-refractivity contribution in [3.8, 4) is 11.5 Å². The third-order valence-electron chi connectivity index (χ3n) is 6.70. The zero-order valence-corrected chi connectivity index (χ0v) is 16.0. The summed E-state index contributed by atoms with van der Waals surface area (Å²) in [6.45, 7) is 1.43. The lowest BCUT2D eigenvalue weighted by Gasteiger charge is -2.35. The molecular formula is C21H27N3O4. The fourth-order valence-corrected chi connectivity index (χ4v) is 5.16. The van der Waals surface area contributed by atoms with Crippen molar-refractivity contribution in [2.45, 2.75) is 50.6 Å². The minimum absolute atomic E-state index is 0.0869. The normalized spacial score (nSPS) is 31.5. The average Bonchev–Trinajstić information content (AvgIpc) is 3.39. The van der Waals surface area contributed by atoms with Crippen LogP contribution in [0.4, 0.5) is 0 Å². The van der Waals surface area contributed by atoms with Crippen molar-refractivity contribution in [2.75, 3.05) is 19.9 Å². The zero-order chi connectivity index (χ0) is 19.1. The highest BCUT2D eigenvalue weighted by Gasteiger charge is 2.43. The van der Waals surface area contributed by atoms with Gasteiger partial charge in [-0.3, -0.25) is 15.0 Å². The van der Waals surface area contributed by atoms with Crippen molar-refractivity contribution >= 4 is 11.7 Å². The molecule has 0 spiro atoms. The molecule has 0 radical (unpaired) electrons. The van der Waals surface area contributed by atoms with Gasteiger partial charge < -0.3 is 14.4 Å². The highest BCUT2D eigenvalue weighted by Crippen LogP contribution is 2.35. The van der Waals surface area contributed by atoms with Crippen LogP contribution in [0.2, 0.25) is 0 Å². The van der Waals surface area contributed by atoms with Crippen LogP contribution in [-0.4, -0.2) is 48.6 Å². The van der Waals surface area contributed by atoms with E-state index in [1.165, 1.54) is 12.8 Å². The van der Waals surface area contributed by atoms with Crippen molar-refractivity contribution in [3.05, 3.63) is 23.8 Å². The lowest BCUT2D eigenvalue weighted by molar-refractivity contribution is -0.135. The molecule has 1 amide bonds. The molecule has 4 atom stereocenters. The Balaban J connectivity index is 1.27. The third-order valence-corrected chi connectivity index (χ3v) is 6.70. The molecule has 7 nitrogen and oxygen atoms in total. The van der Waals surface area contributed by atoms with Gasteiger partial charge in [-0.25, -0.2) is 5.43 Å². The highest BCUT2D eigenvalue weighted by atomic mass is 16.7. The van der Waals surface area contributed by atoms with Crippen molar-refractivity contribution in [1.29, 1.82) is 0 Å². The van der Waals surface area contributed by atoms with Crippen LogP contribution < -0.4 is 20.3 Å². The van der Waals surface area contributed by atoms with Crippen molar-refractivity contribution in [1.82, 2.24) is 15.8 Å². The quantitative estimate of drug-likeness (QED) is 0.774. The molecule has 0 aromatic heterocycles. The Labute approximate surface area is 164 Å². The van der Waals surface area contributed by atoms with Crippen LogP contribution in [0.5, 0.6) is 11.5 Å². The number of amides is 1. The van der Waals surface area contributed by atoms with Crippen LogP contribution in [-0.2, 0) is 4.79 Å². The van der Waals surface area contributed by atoms with E-state index in [0.717, 1.165) is 32.2 Å². The molecule has 28 heavy (non-hydrogen) atoms. The second-order valence-corrected chi connectivity index (χ2v) is 8.38. The van der Waals surface area contributed by atoms with E-state index in [4.69, 9.17) is 9.47 Å². The minimum atomic E-state index is -0.162. The molecule has 1 aliphatic carbocycles. The summed E-state index contributed by atoms with van der Waals surface area (Å²) in [5.41, 5.74) is 7.20. The summed E-state index contributed by atoms with van der Waals surface area (Å²) in [5, 5.41) is 0. The number of ether oxygens (including phenoxy) is 2. The number of hydrogen-bond acceptors (Lipinski definition) is 6. The molecule has 1 aromatic carbocycles. The molecule has 0 bridgehead atoms. The van der Waals surface area contributed by atoms with Crippen molar-refractivity contribution in [3.63, 3.8) is 0 Å². The molecule has 7 heteroatoms. The Bertz CT molecular complexity index is 783. The number of Topliss-reactive ketones (excluding diaryl/α,β-unsaturated/α-hetero) is 1. The predicted octanol–water partition coefficient (Wildman–Crippen LogP) is 1.87. The largest absolute Gasteiger partial charge is 0.454 e. The monoisotopic (exact) mass is 385 g/mol. The maximum atomic E-state index is 13.2. The number of nitrogens with one attached hydrogen (secondary N) is 2. The van der Waals surface area contributed by atoms with Gasteiger partial charge in [0.2, 0.25) is 12.7 Å². The summed E-state index contributed by atoms with van der Waals surface area (Å²) in [5.74, 6) is 1.74. The van der Waals surface area contributed by atoms with Gasteiger partial charge in [-0.05, 0) is 43.9 Å². The van der Waals surface area contributed by atoms with E-state index < -0.39 is 0 Å². The molecule has 2 N–H and O–H groups in total. The van der Waals surface area contributed by atoms with Crippen LogP contribution in [0.3, 0.4) is 0 Å². The van der Waals surface area contributed by atoms with E-state index in [2.05, 4.69) is 10.9 Å². The SMILES string of the molecule is O=C(c1ccc2c(c1)OCO2)[C@H]1CCCN(C(=O)C2NNC3CCCCC32)C1. The molecule has 5 rings (SSSR count). The second-order valence-electron chi connectivity index (χ2n) is 8.38. The van der Waals surface area contributed by atoms with Gasteiger partial charge in [-0.1, -0.05) is 12.8 Å². The summed E-state index contributed by atoms with van der Waals surface area (Å²) in [6.07, 6.45) is 6.33. The Hall–Kier alpha value is -2.12. The van der Waals surface area contributed by atoms with Gasteiger partial charge in [0.15, 0.2) is 17.3 Å². The number of piperidine rings is 1. The summed E-state index contributed by atoms with van der Waals surface area (Å²) in [4.78, 5) is 28.1. The first-order chi connectivity index (χ1) is 13.7. The standard InChI is InChI=1S/C21H27N3O4/c25-20(13-7-8-17-18(10-13)28-12-27-17)14-4-3-9-24(11-14)21(26)19-15-5-1-2-6-16(15)22-23-19/h7-8,10,14-16,19,22-23H,1-6,9,11-12H2/t14-,15?,16?,19?/m0/s1. The van der Waals surface area contributed by atoms with E-state index in [1.807, 2.05) is 4.90 Å². The molecule has 3 heterocycles. The van der Waals surface area contributed by atoms with Gasteiger partial charge in [0.1, 0.15) is 6.04 Å². The topological polar surface area (TPSA) is 79.9 Å². The van der Waals surface area contributed by atoms with Gasteiger partial charge in [0.05, 0.1) is 0 Å². The zero-order valence-electron chi connectivity index (χ0n) is 16.0. The van der Waals surface area contributed by atoms with Gasteiger partial charge in [-0.2, -0.15) is 0 Å². The first-order valence-corrected chi connectivity index (χ1v) is 10.4. The van der Waals surface area contributed by atoms with Crippen LogP contribution >= 0.6 is 0 Å². The van der Waals surface area contributed by atoms with E-state index in [0.29, 0.717) is 35.6 Å². The molecule has 3 unspecified atom stereocenters. The van der Waals surface area contributed by atoms with Gasteiger partial charge in [-0.15, -0.1) is 0 Å². The van der Waals surface area contributed by atoms with E-state index in [1.54, 1.807) is 18.2 Å². The molecule has 2 saturated heterocycles. The van der Waals surface area contributed by atoms with E-state index in [-0.39, 0.29) is 30.4 Å². The summed E-state index contributed by atoms with van der Waals surface area (Å²) in [7, 11) is 0. The molecule has 1 saturated carbocycles. The van der Waals surface area contributed by atoms with Crippen LogP contribution in [0, 0.1) is 11.8 Å². The van der Waals surface area contributed by atoms with Gasteiger partial charge >= 0.3 is 0 Å². The number of fused-ring (bicyclic) bond motifs is 2. The smallest absolute Gasteiger partial charge is 0.241 e. The Morgan fingerprint density at radius 2 is 1.86 bits per heavy atom. The van der Waals surface area contributed by atoms with E-state index >= 15 is 0 Å². The van der Waals surface area contributed by atoms with Crippen molar-refractivity contribution in [2.24, 2.45) is 11.8 Å². The highest BCUT2D eigenvalue weighted by molar-refractivity contribution is 5.99. The second kappa shape index (κ2) is 7.37. The number of nitrogens with zero attached hydrogens (tertiary/aromatic N) is 1.